The van der Waals surface area contributed by atoms with E-state index in [0.717, 1.165) is 34.4 Å². The van der Waals surface area contributed by atoms with Gasteiger partial charge in [0.25, 0.3) is 5.22 Å². The van der Waals surface area contributed by atoms with Crippen LogP contribution in [0, 0.1) is 6.92 Å². The second-order valence-electron chi connectivity index (χ2n) is 5.43. The zero-order valence-corrected chi connectivity index (χ0v) is 16.4. The van der Waals surface area contributed by atoms with Gasteiger partial charge >= 0.3 is 0 Å². The van der Waals surface area contributed by atoms with Crippen molar-refractivity contribution in [2.24, 2.45) is 0 Å². The number of anilines is 1. The fraction of sp³-hybridized carbons (Fsp3) is 0.235. The molecule has 0 atom stereocenters. The molecular formula is C17H16N4O4S2. The smallest absolute Gasteiger partial charge is 0.277 e. The highest BCUT2D eigenvalue weighted by Gasteiger charge is 2.15. The molecule has 3 aromatic rings. The monoisotopic (exact) mass is 404 g/mol. The van der Waals surface area contributed by atoms with E-state index in [1.54, 1.807) is 26.2 Å². The Morgan fingerprint density at radius 3 is 2.63 bits per heavy atom. The number of rotatable bonds is 7. The van der Waals surface area contributed by atoms with Gasteiger partial charge in [0.05, 0.1) is 23.4 Å². The van der Waals surface area contributed by atoms with Gasteiger partial charge in [-0.15, -0.1) is 10.2 Å². The van der Waals surface area contributed by atoms with E-state index in [9.17, 15) is 9.59 Å². The quantitative estimate of drug-likeness (QED) is 0.471. The number of benzene rings is 1. The lowest BCUT2D eigenvalue weighted by Gasteiger charge is -1.99. The van der Waals surface area contributed by atoms with Crippen LogP contribution in [-0.2, 0) is 4.79 Å². The maximum Gasteiger partial charge on any atom is 0.277 e. The molecule has 1 N–H and O–H groups in total. The van der Waals surface area contributed by atoms with Crippen LogP contribution < -0.4 is 10.1 Å². The average molecular weight is 404 g/mol. The summed E-state index contributed by atoms with van der Waals surface area (Å²) < 4.78 is 10.7. The van der Waals surface area contributed by atoms with E-state index in [2.05, 4.69) is 20.5 Å². The molecule has 0 bridgehead atoms. The molecule has 2 aromatic heterocycles. The Hall–Kier alpha value is -2.72. The third-order valence-electron chi connectivity index (χ3n) is 3.43. The molecule has 140 valence electrons. The number of hydrogen-bond acceptors (Lipinski definition) is 9. The number of nitrogens with one attached hydrogen (secondary N) is 1. The number of hydrogen-bond donors (Lipinski definition) is 1. The maximum absolute atomic E-state index is 12.1. The first-order valence-electron chi connectivity index (χ1n) is 7.85. The van der Waals surface area contributed by atoms with E-state index in [-0.39, 0.29) is 22.7 Å². The van der Waals surface area contributed by atoms with Gasteiger partial charge in [-0.25, -0.2) is 4.98 Å². The molecule has 0 aliphatic rings. The Morgan fingerprint density at radius 2 is 2.00 bits per heavy atom. The summed E-state index contributed by atoms with van der Waals surface area (Å²) in [5, 5.41) is 11.3. The molecule has 0 spiro atoms. The van der Waals surface area contributed by atoms with Crippen molar-refractivity contribution < 1.29 is 18.7 Å². The molecule has 0 aliphatic heterocycles. The number of methoxy groups -OCH3 is 1. The van der Waals surface area contributed by atoms with Gasteiger partial charge in [-0.3, -0.25) is 9.59 Å². The number of thiazole rings is 1. The number of thioether (sulfide) groups is 1. The van der Waals surface area contributed by atoms with Gasteiger partial charge in [0, 0.05) is 12.5 Å². The number of carbonyl (C=O) groups is 2. The average Bonchev–Trinajstić information content (AvgIpc) is 3.27. The number of Topliss-reactive ketones (excluding diaryl/α,β-unsaturated/α-hetero) is 1. The summed E-state index contributed by atoms with van der Waals surface area (Å²) in [6.07, 6.45) is 0. The minimum atomic E-state index is -0.270. The van der Waals surface area contributed by atoms with Crippen molar-refractivity contribution in [1.82, 2.24) is 15.2 Å². The fourth-order valence-electron chi connectivity index (χ4n) is 2.18. The molecule has 0 unspecified atom stereocenters. The Bertz CT molecular complexity index is 966. The number of ether oxygens (including phenoxy) is 1. The van der Waals surface area contributed by atoms with E-state index in [1.807, 2.05) is 12.1 Å². The minimum absolute atomic E-state index is 0.0724. The Labute approximate surface area is 163 Å². The van der Waals surface area contributed by atoms with Crippen molar-refractivity contribution in [3.63, 3.8) is 0 Å². The molecule has 0 saturated carbocycles. The lowest BCUT2D eigenvalue weighted by Crippen LogP contribution is -2.13. The van der Waals surface area contributed by atoms with Crippen molar-refractivity contribution >= 4 is 39.9 Å². The summed E-state index contributed by atoms with van der Waals surface area (Å²) in [5.74, 6) is 0.833. The molecule has 0 saturated heterocycles. The van der Waals surface area contributed by atoms with E-state index >= 15 is 0 Å². The Balaban J connectivity index is 1.57. The van der Waals surface area contributed by atoms with Crippen LogP contribution in [0.15, 0.2) is 33.9 Å². The van der Waals surface area contributed by atoms with Crippen LogP contribution in [0.25, 0.3) is 11.5 Å². The van der Waals surface area contributed by atoms with Crippen LogP contribution in [0.4, 0.5) is 5.13 Å². The second-order valence-corrected chi connectivity index (χ2v) is 7.35. The lowest BCUT2D eigenvalue weighted by atomic mass is 10.2. The number of aromatic nitrogens is 3. The zero-order chi connectivity index (χ0) is 19.4. The van der Waals surface area contributed by atoms with Crippen molar-refractivity contribution in [3.8, 4) is 17.2 Å². The predicted molar refractivity (Wildman–Crippen MR) is 102 cm³/mol. The molecule has 10 heteroatoms. The maximum atomic E-state index is 12.1. The van der Waals surface area contributed by atoms with Crippen molar-refractivity contribution in [1.29, 1.82) is 0 Å². The SMILES string of the molecule is COc1ccc(-c2nnc(SCC(=O)Nc3nc(C)c(C(C)=O)s3)o2)cc1. The first kappa shape index (κ1) is 19.1. The topological polar surface area (TPSA) is 107 Å². The van der Waals surface area contributed by atoms with Gasteiger partial charge in [-0.2, -0.15) is 0 Å². The molecule has 0 radical (unpaired) electrons. The molecule has 2 heterocycles. The summed E-state index contributed by atoms with van der Waals surface area (Å²) in [6.45, 7) is 3.20. The van der Waals surface area contributed by atoms with E-state index in [0.29, 0.717) is 21.6 Å². The largest absolute Gasteiger partial charge is 0.497 e. The van der Waals surface area contributed by atoms with E-state index in [4.69, 9.17) is 9.15 Å². The summed E-state index contributed by atoms with van der Waals surface area (Å²) in [7, 11) is 1.59. The first-order valence-corrected chi connectivity index (χ1v) is 9.65. The number of carbonyl (C=O) groups excluding carboxylic acids is 2. The van der Waals surface area contributed by atoms with Crippen LogP contribution in [-0.4, -0.2) is 39.7 Å². The van der Waals surface area contributed by atoms with Crippen molar-refractivity contribution in [2.75, 3.05) is 18.2 Å². The summed E-state index contributed by atoms with van der Waals surface area (Å²) >= 11 is 2.28. The number of ketones is 1. The van der Waals surface area contributed by atoms with Crippen LogP contribution >= 0.6 is 23.1 Å². The van der Waals surface area contributed by atoms with Crippen molar-refractivity contribution in [2.45, 2.75) is 19.1 Å². The summed E-state index contributed by atoms with van der Waals surface area (Å²) in [5.41, 5.74) is 1.37. The van der Waals surface area contributed by atoms with Crippen LogP contribution in [0.1, 0.15) is 22.3 Å². The highest BCUT2D eigenvalue weighted by molar-refractivity contribution is 7.99. The van der Waals surface area contributed by atoms with Gasteiger partial charge in [0.2, 0.25) is 11.8 Å². The summed E-state index contributed by atoms with van der Waals surface area (Å²) in [4.78, 5) is 28.2. The number of nitrogens with zero attached hydrogens (tertiary/aromatic N) is 3. The Morgan fingerprint density at radius 1 is 1.26 bits per heavy atom. The minimum Gasteiger partial charge on any atom is -0.497 e. The van der Waals surface area contributed by atoms with Crippen molar-refractivity contribution in [3.05, 3.63) is 34.8 Å². The van der Waals surface area contributed by atoms with E-state index in [1.165, 1.54) is 6.92 Å². The second kappa shape index (κ2) is 8.31. The molecule has 0 aliphatic carbocycles. The van der Waals surface area contributed by atoms with Crippen LogP contribution in [0.2, 0.25) is 0 Å². The molecule has 27 heavy (non-hydrogen) atoms. The third-order valence-corrected chi connectivity index (χ3v) is 5.43. The standard InChI is InChI=1S/C17H16N4O4S2/c1-9-14(10(2)22)27-16(18-9)19-13(23)8-26-17-21-20-15(25-17)11-4-6-12(24-3)7-5-11/h4-7H,8H2,1-3H3,(H,18,19,23). The number of aryl methyl sites for hydroxylation is 1. The summed E-state index contributed by atoms with van der Waals surface area (Å²) in [6, 6.07) is 7.21. The molecule has 1 amide bonds. The Kier molecular flexibility index (Phi) is 5.87. The highest BCUT2D eigenvalue weighted by Crippen LogP contribution is 2.26. The molecule has 0 fully saturated rings. The molecule has 3 rings (SSSR count). The number of amides is 1. The fourth-order valence-corrected chi connectivity index (χ4v) is 3.62. The zero-order valence-electron chi connectivity index (χ0n) is 14.8. The van der Waals surface area contributed by atoms with Gasteiger partial charge in [-0.05, 0) is 31.2 Å². The predicted octanol–water partition coefficient (Wildman–Crippen LogP) is 3.44. The molecule has 8 nitrogen and oxygen atoms in total. The lowest BCUT2D eigenvalue weighted by molar-refractivity contribution is -0.113. The van der Waals surface area contributed by atoms with Gasteiger partial charge in [0.15, 0.2) is 10.9 Å². The molecular weight excluding hydrogens is 388 g/mol. The van der Waals surface area contributed by atoms with Gasteiger partial charge in [-0.1, -0.05) is 23.1 Å². The first-order chi connectivity index (χ1) is 13.0. The highest BCUT2D eigenvalue weighted by atomic mass is 32.2. The molecule has 1 aromatic carbocycles. The van der Waals surface area contributed by atoms with Crippen LogP contribution in [0.3, 0.4) is 0 Å². The van der Waals surface area contributed by atoms with Gasteiger partial charge < -0.3 is 14.5 Å². The van der Waals surface area contributed by atoms with Gasteiger partial charge in [0.1, 0.15) is 5.75 Å². The van der Waals surface area contributed by atoms with E-state index < -0.39 is 0 Å². The van der Waals surface area contributed by atoms with Crippen LogP contribution in [0.5, 0.6) is 5.75 Å². The normalized spacial score (nSPS) is 10.6. The third kappa shape index (κ3) is 4.72.